The fourth-order valence-corrected chi connectivity index (χ4v) is 1.13. The minimum Gasteiger partial charge on any atom is -0.458 e. The van der Waals surface area contributed by atoms with E-state index >= 15 is 0 Å². The highest BCUT2D eigenvalue weighted by Crippen LogP contribution is 2.01. The third kappa shape index (κ3) is 2.84. The lowest BCUT2D eigenvalue weighted by Gasteiger charge is -2.01. The summed E-state index contributed by atoms with van der Waals surface area (Å²) in [6, 6.07) is 9.95. The van der Waals surface area contributed by atoms with Crippen molar-refractivity contribution in [3.63, 3.8) is 0 Å². The third-order valence-corrected chi connectivity index (χ3v) is 1.65. The molecule has 0 aliphatic carbocycles. The van der Waals surface area contributed by atoms with E-state index in [1.165, 1.54) is 6.26 Å². The molecule has 2 heteroatoms. The summed E-state index contributed by atoms with van der Waals surface area (Å²) in [5.41, 5.74) is 1.16. The molecule has 0 atom stereocenters. The fourth-order valence-electron chi connectivity index (χ4n) is 0.897. The monoisotopic (exact) mass is 178 g/mol. The molecule has 1 nitrogen and oxygen atoms in total. The van der Waals surface area contributed by atoms with E-state index in [4.69, 9.17) is 17.0 Å². The van der Waals surface area contributed by atoms with Gasteiger partial charge in [-0.1, -0.05) is 36.9 Å². The summed E-state index contributed by atoms with van der Waals surface area (Å²) in [5, 5.41) is 0.552. The first kappa shape index (κ1) is 8.94. The number of rotatable bonds is 3. The van der Waals surface area contributed by atoms with Crippen LogP contribution in [0.15, 0.2) is 43.2 Å². The van der Waals surface area contributed by atoms with Gasteiger partial charge in [-0.25, -0.2) is 0 Å². The summed E-state index contributed by atoms with van der Waals surface area (Å²) in [4.78, 5) is 0. The molecule has 0 N–H and O–H groups in total. The average Bonchev–Trinajstić information content (AvgIpc) is 2.06. The molecule has 62 valence electrons. The van der Waals surface area contributed by atoms with Crippen LogP contribution in [-0.4, -0.2) is 5.05 Å². The van der Waals surface area contributed by atoms with E-state index in [9.17, 15) is 0 Å². The van der Waals surface area contributed by atoms with Crippen LogP contribution < -0.4 is 0 Å². The molecule has 1 aromatic carbocycles. The van der Waals surface area contributed by atoms with Crippen molar-refractivity contribution in [2.24, 2.45) is 0 Å². The van der Waals surface area contributed by atoms with Gasteiger partial charge in [-0.15, -0.1) is 0 Å². The lowest BCUT2D eigenvalue weighted by molar-refractivity contribution is 0.477. The van der Waals surface area contributed by atoms with Crippen molar-refractivity contribution in [1.82, 2.24) is 0 Å². The minimum absolute atomic E-state index is 0.552. The summed E-state index contributed by atoms with van der Waals surface area (Å²) in [6.07, 6.45) is 2.02. The Bertz CT molecular complexity index is 266. The van der Waals surface area contributed by atoms with Gasteiger partial charge >= 0.3 is 0 Å². The van der Waals surface area contributed by atoms with Crippen LogP contribution in [0.25, 0.3) is 0 Å². The number of benzene rings is 1. The molecule has 0 bridgehead atoms. The smallest absolute Gasteiger partial charge is 0.170 e. The van der Waals surface area contributed by atoms with Gasteiger partial charge in [0.05, 0.1) is 6.26 Å². The zero-order valence-electron chi connectivity index (χ0n) is 6.69. The van der Waals surface area contributed by atoms with Gasteiger partial charge in [-0.2, -0.15) is 0 Å². The van der Waals surface area contributed by atoms with E-state index in [2.05, 4.69) is 6.58 Å². The van der Waals surface area contributed by atoms with Gasteiger partial charge in [0.2, 0.25) is 0 Å². The van der Waals surface area contributed by atoms with E-state index in [0.29, 0.717) is 11.5 Å². The van der Waals surface area contributed by atoms with E-state index in [1.807, 2.05) is 30.3 Å². The van der Waals surface area contributed by atoms with Crippen LogP contribution in [-0.2, 0) is 11.2 Å². The van der Waals surface area contributed by atoms with Gasteiger partial charge in [-0.3, -0.25) is 0 Å². The molecule has 0 aliphatic rings. The largest absolute Gasteiger partial charge is 0.458 e. The molecule has 0 saturated carbocycles. The molecule has 0 saturated heterocycles. The maximum atomic E-state index is 4.94. The average molecular weight is 178 g/mol. The van der Waals surface area contributed by atoms with Crippen molar-refractivity contribution in [3.8, 4) is 0 Å². The van der Waals surface area contributed by atoms with Crippen LogP contribution in [0, 0.1) is 0 Å². The van der Waals surface area contributed by atoms with Crippen LogP contribution >= 0.6 is 12.2 Å². The zero-order valence-corrected chi connectivity index (χ0v) is 7.51. The molecule has 0 amide bonds. The van der Waals surface area contributed by atoms with E-state index < -0.39 is 0 Å². The molecule has 1 rings (SSSR count). The number of hydrogen-bond acceptors (Lipinski definition) is 2. The Labute approximate surface area is 77.7 Å². The lowest BCUT2D eigenvalue weighted by atomic mass is 10.2. The molecular formula is C10H10OS. The SMILES string of the molecule is C=COC(=S)Cc1ccccc1. The Morgan fingerprint density at radius 3 is 2.67 bits per heavy atom. The van der Waals surface area contributed by atoms with Crippen molar-refractivity contribution in [1.29, 1.82) is 0 Å². The highest BCUT2D eigenvalue weighted by atomic mass is 32.1. The minimum atomic E-state index is 0.552. The third-order valence-electron chi connectivity index (χ3n) is 1.41. The lowest BCUT2D eigenvalue weighted by Crippen LogP contribution is -2.00. The number of ether oxygens (including phenoxy) is 1. The maximum Gasteiger partial charge on any atom is 0.170 e. The second kappa shape index (κ2) is 4.67. The molecule has 0 spiro atoms. The summed E-state index contributed by atoms with van der Waals surface area (Å²) in [7, 11) is 0. The second-order valence-corrected chi connectivity index (χ2v) is 2.77. The van der Waals surface area contributed by atoms with E-state index in [1.54, 1.807) is 0 Å². The first-order chi connectivity index (χ1) is 5.83. The molecular weight excluding hydrogens is 168 g/mol. The fraction of sp³-hybridized carbons (Fsp3) is 0.100. The Kier molecular flexibility index (Phi) is 3.48. The number of hydrogen-bond donors (Lipinski definition) is 0. The van der Waals surface area contributed by atoms with Gasteiger partial charge in [0.15, 0.2) is 5.05 Å². The normalized spacial score (nSPS) is 9.00. The summed E-state index contributed by atoms with van der Waals surface area (Å²) in [6.45, 7) is 3.43. The van der Waals surface area contributed by atoms with Crippen LogP contribution in [0.2, 0.25) is 0 Å². The van der Waals surface area contributed by atoms with Crippen molar-refractivity contribution in [2.75, 3.05) is 0 Å². The maximum absolute atomic E-state index is 4.94. The topological polar surface area (TPSA) is 9.23 Å². The van der Waals surface area contributed by atoms with Gasteiger partial charge in [0, 0.05) is 6.42 Å². The van der Waals surface area contributed by atoms with Gasteiger partial charge in [0.25, 0.3) is 0 Å². The Morgan fingerprint density at radius 2 is 2.08 bits per heavy atom. The Hall–Kier alpha value is -1.15. The molecule has 0 heterocycles. The predicted molar refractivity (Wildman–Crippen MR) is 54.0 cm³/mol. The van der Waals surface area contributed by atoms with Crippen molar-refractivity contribution in [3.05, 3.63) is 48.7 Å². The quantitative estimate of drug-likeness (QED) is 0.520. The summed E-state index contributed by atoms with van der Waals surface area (Å²) in [5.74, 6) is 0. The highest BCUT2D eigenvalue weighted by Gasteiger charge is 1.96. The Balaban J connectivity index is 2.52. The second-order valence-electron chi connectivity index (χ2n) is 2.32. The van der Waals surface area contributed by atoms with Gasteiger partial charge in [0.1, 0.15) is 0 Å². The van der Waals surface area contributed by atoms with Crippen LogP contribution in [0.1, 0.15) is 5.56 Å². The number of thiocarbonyl (C=S) groups is 1. The molecule has 0 fully saturated rings. The van der Waals surface area contributed by atoms with Crippen LogP contribution in [0.4, 0.5) is 0 Å². The van der Waals surface area contributed by atoms with E-state index in [0.717, 1.165) is 5.56 Å². The first-order valence-electron chi connectivity index (χ1n) is 3.67. The van der Waals surface area contributed by atoms with Crippen molar-refractivity contribution >= 4 is 17.3 Å². The summed E-state index contributed by atoms with van der Waals surface area (Å²) < 4.78 is 4.94. The van der Waals surface area contributed by atoms with E-state index in [-0.39, 0.29) is 0 Å². The zero-order chi connectivity index (χ0) is 8.81. The molecule has 12 heavy (non-hydrogen) atoms. The molecule has 0 aromatic heterocycles. The summed E-state index contributed by atoms with van der Waals surface area (Å²) >= 11 is 4.94. The van der Waals surface area contributed by atoms with Gasteiger partial charge in [-0.05, 0) is 17.8 Å². The molecule has 0 aliphatic heterocycles. The predicted octanol–water partition coefficient (Wildman–Crippen LogP) is 2.72. The first-order valence-corrected chi connectivity index (χ1v) is 4.08. The molecule has 0 unspecified atom stereocenters. The Morgan fingerprint density at radius 1 is 1.42 bits per heavy atom. The van der Waals surface area contributed by atoms with Crippen LogP contribution in [0.3, 0.4) is 0 Å². The van der Waals surface area contributed by atoms with Crippen molar-refractivity contribution in [2.45, 2.75) is 6.42 Å². The van der Waals surface area contributed by atoms with Gasteiger partial charge < -0.3 is 4.74 Å². The highest BCUT2D eigenvalue weighted by molar-refractivity contribution is 7.80. The van der Waals surface area contributed by atoms with Crippen molar-refractivity contribution < 1.29 is 4.74 Å². The standard InChI is InChI=1S/C10H10OS/c1-2-11-10(12)8-9-6-4-3-5-7-9/h2-7H,1,8H2. The molecule has 0 radical (unpaired) electrons. The molecule has 1 aromatic rings. The van der Waals surface area contributed by atoms with Crippen LogP contribution in [0.5, 0.6) is 0 Å².